The zero-order valence-corrected chi connectivity index (χ0v) is 16.7. The Hall–Kier alpha value is -2.81. The number of sulfone groups is 1. The molecule has 3 rings (SSSR count). The molecule has 9 heteroatoms. The van der Waals surface area contributed by atoms with Crippen LogP contribution >= 0.6 is 0 Å². The molecule has 1 fully saturated rings. The zero-order chi connectivity index (χ0) is 20.3. The maximum Gasteiger partial charge on any atom is 0.311 e. The number of nitro groups is 1. The minimum atomic E-state index is -3.70. The van der Waals surface area contributed by atoms with Gasteiger partial charge in [-0.05, 0) is 31.2 Å². The van der Waals surface area contributed by atoms with Crippen LogP contribution in [0.5, 0.6) is 5.75 Å². The molecule has 150 valence electrons. The highest BCUT2D eigenvalue weighted by molar-refractivity contribution is 7.90. The molecular weight excluding hydrogens is 382 g/mol. The second-order valence-electron chi connectivity index (χ2n) is 6.53. The first-order valence-corrected chi connectivity index (χ1v) is 10.9. The van der Waals surface area contributed by atoms with Gasteiger partial charge in [-0.1, -0.05) is 18.2 Å². The summed E-state index contributed by atoms with van der Waals surface area (Å²) in [5, 5.41) is 11.6. The number of nitrogens with zero attached hydrogens (tertiary/aromatic N) is 3. The van der Waals surface area contributed by atoms with Crippen LogP contribution in [0.2, 0.25) is 0 Å². The van der Waals surface area contributed by atoms with E-state index < -0.39 is 14.8 Å². The van der Waals surface area contributed by atoms with Crippen molar-refractivity contribution in [3.8, 4) is 5.75 Å². The first kappa shape index (κ1) is 19.9. The molecule has 1 heterocycles. The first-order valence-electron chi connectivity index (χ1n) is 9.02. The molecule has 0 bridgehead atoms. The van der Waals surface area contributed by atoms with Crippen LogP contribution in [0, 0.1) is 10.1 Å². The average molecular weight is 405 g/mol. The maximum atomic E-state index is 12.0. The Labute approximate surface area is 164 Å². The molecule has 2 aromatic rings. The number of ether oxygens (including phenoxy) is 1. The van der Waals surface area contributed by atoms with Gasteiger partial charge in [0.15, 0.2) is 9.84 Å². The largest absolute Gasteiger partial charge is 0.492 e. The lowest BCUT2D eigenvalue weighted by molar-refractivity contribution is -0.387. The van der Waals surface area contributed by atoms with Gasteiger partial charge in [-0.25, -0.2) is 8.42 Å². The number of hydrogen-bond donors (Lipinski definition) is 0. The summed E-state index contributed by atoms with van der Waals surface area (Å²) in [7, 11) is -3.70. The highest BCUT2D eigenvalue weighted by Crippen LogP contribution is 2.36. The molecule has 0 unspecified atom stereocenters. The number of nitro benzene ring substituents is 1. The number of rotatable bonds is 6. The van der Waals surface area contributed by atoms with E-state index in [1.165, 1.54) is 6.07 Å². The van der Waals surface area contributed by atoms with E-state index in [9.17, 15) is 18.5 Å². The lowest BCUT2D eigenvalue weighted by atomic mass is 10.2. The van der Waals surface area contributed by atoms with Crippen molar-refractivity contribution in [1.29, 1.82) is 0 Å². The van der Waals surface area contributed by atoms with E-state index in [4.69, 9.17) is 4.74 Å². The second-order valence-corrected chi connectivity index (χ2v) is 8.51. The third kappa shape index (κ3) is 4.04. The standard InChI is InChI=1S/C19H23N3O5S/c1-3-27-17-9-5-4-7-15(17)20-11-13-21(14-12-20)16-8-6-10-18(28(2,25)26)19(16)22(23)24/h4-10H,3,11-14H2,1-2H3. The van der Waals surface area contributed by atoms with Gasteiger partial charge in [0.25, 0.3) is 0 Å². The number of anilines is 2. The molecule has 0 amide bonds. The minimum absolute atomic E-state index is 0.251. The van der Waals surface area contributed by atoms with Gasteiger partial charge in [0, 0.05) is 32.4 Å². The fourth-order valence-electron chi connectivity index (χ4n) is 3.43. The van der Waals surface area contributed by atoms with Crippen molar-refractivity contribution < 1.29 is 18.1 Å². The number of hydrogen-bond acceptors (Lipinski definition) is 7. The summed E-state index contributed by atoms with van der Waals surface area (Å²) in [5.41, 5.74) is 0.974. The molecule has 8 nitrogen and oxygen atoms in total. The van der Waals surface area contributed by atoms with Crippen LogP contribution in [0.25, 0.3) is 0 Å². The maximum absolute atomic E-state index is 12.0. The van der Waals surface area contributed by atoms with Gasteiger partial charge < -0.3 is 14.5 Å². The molecular formula is C19H23N3O5S. The van der Waals surface area contributed by atoms with Crippen LogP contribution < -0.4 is 14.5 Å². The summed E-state index contributed by atoms with van der Waals surface area (Å²) < 4.78 is 29.7. The van der Waals surface area contributed by atoms with Crippen LogP contribution in [0.15, 0.2) is 47.4 Å². The van der Waals surface area contributed by atoms with E-state index in [0.717, 1.165) is 17.7 Å². The quantitative estimate of drug-likeness (QED) is 0.539. The Bertz CT molecular complexity index is 969. The molecule has 1 aliphatic heterocycles. The van der Waals surface area contributed by atoms with Crippen molar-refractivity contribution in [2.45, 2.75) is 11.8 Å². The molecule has 0 aliphatic carbocycles. The van der Waals surface area contributed by atoms with Gasteiger partial charge >= 0.3 is 5.69 Å². The van der Waals surface area contributed by atoms with E-state index in [1.807, 2.05) is 36.1 Å². The fourth-order valence-corrected chi connectivity index (χ4v) is 4.29. The number of benzene rings is 2. The smallest absolute Gasteiger partial charge is 0.311 e. The molecule has 1 aliphatic rings. The monoisotopic (exact) mass is 405 g/mol. The molecule has 2 aromatic carbocycles. The second kappa shape index (κ2) is 8.05. The highest BCUT2D eigenvalue weighted by atomic mass is 32.2. The average Bonchev–Trinajstić information content (AvgIpc) is 2.67. The molecule has 0 aromatic heterocycles. The van der Waals surface area contributed by atoms with Gasteiger partial charge in [-0.3, -0.25) is 10.1 Å². The summed E-state index contributed by atoms with van der Waals surface area (Å²) in [6, 6.07) is 12.2. The third-order valence-electron chi connectivity index (χ3n) is 4.69. The van der Waals surface area contributed by atoms with Crippen LogP contribution in [0.3, 0.4) is 0 Å². The molecule has 0 spiro atoms. The Kier molecular flexibility index (Phi) is 5.73. The van der Waals surface area contributed by atoms with Crippen LogP contribution in [0.1, 0.15) is 6.92 Å². The topological polar surface area (TPSA) is 93.0 Å². The lowest BCUT2D eigenvalue weighted by Crippen LogP contribution is -2.46. The van der Waals surface area contributed by atoms with Crippen LogP contribution in [-0.2, 0) is 9.84 Å². The molecule has 0 saturated carbocycles. The van der Waals surface area contributed by atoms with Gasteiger partial charge in [0.1, 0.15) is 16.3 Å². The van der Waals surface area contributed by atoms with Crippen molar-refractivity contribution >= 4 is 26.9 Å². The van der Waals surface area contributed by atoms with E-state index in [0.29, 0.717) is 38.5 Å². The van der Waals surface area contributed by atoms with Crippen LogP contribution in [0.4, 0.5) is 17.1 Å². The molecule has 0 atom stereocenters. The summed E-state index contributed by atoms with van der Waals surface area (Å²) in [5.74, 6) is 0.809. The first-order chi connectivity index (χ1) is 13.3. The van der Waals surface area contributed by atoms with Crippen molar-refractivity contribution in [2.24, 2.45) is 0 Å². The van der Waals surface area contributed by atoms with Crippen molar-refractivity contribution in [1.82, 2.24) is 0 Å². The predicted molar refractivity (Wildman–Crippen MR) is 108 cm³/mol. The number of para-hydroxylation sites is 3. The minimum Gasteiger partial charge on any atom is -0.492 e. The van der Waals surface area contributed by atoms with E-state index >= 15 is 0 Å². The summed E-state index contributed by atoms with van der Waals surface area (Å²) in [4.78, 5) is 14.8. The Morgan fingerprint density at radius 2 is 1.57 bits per heavy atom. The van der Waals surface area contributed by atoms with Crippen molar-refractivity contribution in [3.05, 3.63) is 52.6 Å². The van der Waals surface area contributed by atoms with Gasteiger partial charge in [-0.2, -0.15) is 0 Å². The van der Waals surface area contributed by atoms with Gasteiger partial charge in [0.2, 0.25) is 0 Å². The van der Waals surface area contributed by atoms with E-state index in [-0.39, 0.29) is 10.6 Å². The Morgan fingerprint density at radius 1 is 1.00 bits per heavy atom. The van der Waals surface area contributed by atoms with Crippen LogP contribution in [-0.4, -0.2) is 52.4 Å². The molecule has 28 heavy (non-hydrogen) atoms. The van der Waals surface area contributed by atoms with Gasteiger partial charge in [-0.15, -0.1) is 0 Å². The molecule has 1 saturated heterocycles. The molecule has 0 N–H and O–H groups in total. The summed E-state index contributed by atoms with van der Waals surface area (Å²) >= 11 is 0. The summed E-state index contributed by atoms with van der Waals surface area (Å²) in [6.45, 7) is 4.86. The lowest BCUT2D eigenvalue weighted by Gasteiger charge is -2.37. The normalized spacial score (nSPS) is 14.8. The van der Waals surface area contributed by atoms with E-state index in [1.54, 1.807) is 12.1 Å². The van der Waals surface area contributed by atoms with Crippen molar-refractivity contribution in [2.75, 3.05) is 48.8 Å². The Balaban J connectivity index is 1.86. The van der Waals surface area contributed by atoms with E-state index in [2.05, 4.69) is 4.90 Å². The number of piperazine rings is 1. The predicted octanol–water partition coefficient (Wildman–Crippen LogP) is 2.72. The SMILES string of the molecule is CCOc1ccccc1N1CCN(c2cccc(S(C)(=O)=O)c2[N+](=O)[O-])CC1. The molecule has 0 radical (unpaired) electrons. The summed E-state index contributed by atoms with van der Waals surface area (Å²) in [6.07, 6.45) is 0.988. The van der Waals surface area contributed by atoms with Crippen molar-refractivity contribution in [3.63, 3.8) is 0 Å². The zero-order valence-electron chi connectivity index (χ0n) is 15.9. The van der Waals surface area contributed by atoms with Gasteiger partial charge in [0.05, 0.1) is 17.2 Å². The Morgan fingerprint density at radius 3 is 2.14 bits per heavy atom. The highest BCUT2D eigenvalue weighted by Gasteiger charge is 2.30. The third-order valence-corrected chi connectivity index (χ3v) is 5.81. The fraction of sp³-hybridized carbons (Fsp3) is 0.368.